The van der Waals surface area contributed by atoms with E-state index in [2.05, 4.69) is 4.98 Å². The number of hydrogen-bond acceptors (Lipinski definition) is 6. The first kappa shape index (κ1) is 21.8. The van der Waals surface area contributed by atoms with Crippen LogP contribution in [0.2, 0.25) is 0 Å². The molecule has 0 spiro atoms. The van der Waals surface area contributed by atoms with Gasteiger partial charge in [-0.1, -0.05) is 12.1 Å². The van der Waals surface area contributed by atoms with Crippen LogP contribution in [0.3, 0.4) is 0 Å². The van der Waals surface area contributed by atoms with Gasteiger partial charge in [0.05, 0.1) is 17.9 Å². The Bertz CT molecular complexity index is 1260. The molecule has 2 aliphatic rings. The minimum atomic E-state index is -0.758. The van der Waals surface area contributed by atoms with E-state index < -0.39 is 17.7 Å². The molecule has 3 aromatic rings. The molecule has 1 aromatic heterocycles. The number of phenols is 1. The Morgan fingerprint density at radius 2 is 1.94 bits per heavy atom. The van der Waals surface area contributed by atoms with E-state index in [4.69, 9.17) is 4.74 Å². The van der Waals surface area contributed by atoms with Gasteiger partial charge in [0.25, 0.3) is 11.7 Å². The van der Waals surface area contributed by atoms with Crippen molar-refractivity contribution in [1.82, 2.24) is 14.5 Å². The summed E-state index contributed by atoms with van der Waals surface area (Å²) < 4.78 is 7.64. The quantitative estimate of drug-likeness (QED) is 0.333. The number of nitrogens with zero attached hydrogens (tertiary/aromatic N) is 3. The Hall–Kier alpha value is -4.07. The van der Waals surface area contributed by atoms with Crippen molar-refractivity contribution in [1.29, 1.82) is 0 Å². The zero-order chi connectivity index (χ0) is 23.8. The molecular formula is C26H25N3O5. The summed E-state index contributed by atoms with van der Waals surface area (Å²) in [5, 5.41) is 21.0. The lowest BCUT2D eigenvalue weighted by atomic mass is 9.94. The maximum Gasteiger partial charge on any atom is 0.295 e. The van der Waals surface area contributed by atoms with Crippen LogP contribution in [0.4, 0.5) is 0 Å². The van der Waals surface area contributed by atoms with Crippen LogP contribution >= 0.6 is 0 Å². The molecule has 8 nitrogen and oxygen atoms in total. The predicted octanol–water partition coefficient (Wildman–Crippen LogP) is 3.42. The Kier molecular flexibility index (Phi) is 5.57. The van der Waals surface area contributed by atoms with Crippen LogP contribution in [0.1, 0.15) is 36.1 Å². The number of ketones is 1. The minimum Gasteiger partial charge on any atom is -0.508 e. The number of rotatable bonds is 6. The maximum absolute atomic E-state index is 13.2. The zero-order valence-electron chi connectivity index (χ0n) is 18.7. The van der Waals surface area contributed by atoms with Crippen molar-refractivity contribution in [3.05, 3.63) is 83.4 Å². The minimum absolute atomic E-state index is 0.0465. The van der Waals surface area contributed by atoms with Gasteiger partial charge in [-0.2, -0.15) is 0 Å². The van der Waals surface area contributed by atoms with E-state index in [0.717, 1.165) is 11.3 Å². The van der Waals surface area contributed by atoms with E-state index in [0.29, 0.717) is 37.1 Å². The molecule has 174 valence electrons. The number of carbonyl (C=O) groups excluding carboxylic acids is 2. The van der Waals surface area contributed by atoms with Crippen molar-refractivity contribution < 1.29 is 24.5 Å². The standard InChI is InChI=1S/C26H25N3O5/c1-16-13-19-14-18(5-8-21(19)34-16)24(31)22-23(17-3-6-20(30)7-4-17)29(26(33)25(22)32)11-2-10-28-12-9-27-15-28/h3-9,12,14-16,23,30-31H,2,10-11,13H2,1H3/b24-22-. The summed E-state index contributed by atoms with van der Waals surface area (Å²) in [7, 11) is 0. The average Bonchev–Trinajstić information content (AvgIpc) is 3.53. The van der Waals surface area contributed by atoms with Gasteiger partial charge in [0.2, 0.25) is 0 Å². The van der Waals surface area contributed by atoms with Gasteiger partial charge >= 0.3 is 0 Å². The van der Waals surface area contributed by atoms with E-state index in [1.807, 2.05) is 23.8 Å². The van der Waals surface area contributed by atoms with E-state index in [1.54, 1.807) is 36.8 Å². The topological polar surface area (TPSA) is 105 Å². The number of carbonyl (C=O) groups is 2. The summed E-state index contributed by atoms with van der Waals surface area (Å²) in [6.45, 7) is 2.93. The van der Waals surface area contributed by atoms with Gasteiger partial charge in [-0.05, 0) is 54.8 Å². The molecule has 2 atom stereocenters. The molecule has 2 N–H and O–H groups in total. The van der Waals surface area contributed by atoms with Crippen molar-refractivity contribution in [2.45, 2.75) is 38.5 Å². The number of aryl methyl sites for hydroxylation is 1. The zero-order valence-corrected chi connectivity index (χ0v) is 18.7. The molecule has 8 heteroatoms. The van der Waals surface area contributed by atoms with Gasteiger partial charge in [0.15, 0.2) is 0 Å². The summed E-state index contributed by atoms with van der Waals surface area (Å²) >= 11 is 0. The van der Waals surface area contributed by atoms with E-state index in [1.165, 1.54) is 17.0 Å². The van der Waals surface area contributed by atoms with Gasteiger partial charge in [-0.3, -0.25) is 9.59 Å². The molecule has 1 fully saturated rings. The first-order valence-electron chi connectivity index (χ1n) is 11.3. The van der Waals surface area contributed by atoms with Crippen LogP contribution in [-0.2, 0) is 22.6 Å². The molecule has 1 amide bonds. The largest absolute Gasteiger partial charge is 0.508 e. The number of fused-ring (bicyclic) bond motifs is 1. The van der Waals surface area contributed by atoms with Gasteiger partial charge in [0.1, 0.15) is 23.4 Å². The normalized spacial score (nSPS) is 21.0. The van der Waals surface area contributed by atoms with Crippen molar-refractivity contribution >= 4 is 17.4 Å². The number of imidazole rings is 1. The van der Waals surface area contributed by atoms with E-state index in [-0.39, 0.29) is 23.2 Å². The van der Waals surface area contributed by atoms with Gasteiger partial charge in [0, 0.05) is 37.5 Å². The number of Topliss-reactive ketones (excluding diaryl/α,β-unsaturated/α-hetero) is 1. The Morgan fingerprint density at radius 1 is 1.15 bits per heavy atom. The van der Waals surface area contributed by atoms with Gasteiger partial charge in [-0.15, -0.1) is 0 Å². The second kappa shape index (κ2) is 8.70. The lowest BCUT2D eigenvalue weighted by Crippen LogP contribution is -2.31. The SMILES string of the molecule is CC1Cc2cc(/C(O)=C3/C(=O)C(=O)N(CCCn4ccnc4)C3c3ccc(O)cc3)ccc2O1. The number of aliphatic hydroxyl groups excluding tert-OH is 1. The van der Waals surface area contributed by atoms with Crippen LogP contribution in [0.15, 0.2) is 66.8 Å². The number of ether oxygens (including phenoxy) is 1. The first-order valence-corrected chi connectivity index (χ1v) is 11.3. The van der Waals surface area contributed by atoms with Crippen LogP contribution in [0.5, 0.6) is 11.5 Å². The van der Waals surface area contributed by atoms with Gasteiger partial charge in [-0.25, -0.2) is 4.98 Å². The number of benzene rings is 2. The fraction of sp³-hybridized carbons (Fsp3) is 0.269. The molecule has 2 aliphatic heterocycles. The third-order valence-corrected chi connectivity index (χ3v) is 6.29. The van der Waals surface area contributed by atoms with Crippen molar-refractivity contribution in [2.75, 3.05) is 6.54 Å². The summed E-state index contributed by atoms with van der Waals surface area (Å²) in [4.78, 5) is 31.7. The molecule has 5 rings (SSSR count). The fourth-order valence-corrected chi connectivity index (χ4v) is 4.68. The highest BCUT2D eigenvalue weighted by atomic mass is 16.5. The molecule has 2 unspecified atom stereocenters. The summed E-state index contributed by atoms with van der Waals surface area (Å²) in [6, 6.07) is 10.9. The number of hydrogen-bond donors (Lipinski definition) is 2. The lowest BCUT2D eigenvalue weighted by molar-refractivity contribution is -0.139. The lowest BCUT2D eigenvalue weighted by Gasteiger charge is -2.25. The number of aromatic hydroxyl groups is 1. The highest BCUT2D eigenvalue weighted by Crippen LogP contribution is 2.41. The molecule has 0 bridgehead atoms. The second-order valence-electron chi connectivity index (χ2n) is 8.69. The molecule has 0 aliphatic carbocycles. The molecule has 3 heterocycles. The van der Waals surface area contributed by atoms with Crippen molar-refractivity contribution in [3.63, 3.8) is 0 Å². The predicted molar refractivity (Wildman–Crippen MR) is 124 cm³/mol. The molecule has 0 radical (unpaired) electrons. The third-order valence-electron chi connectivity index (χ3n) is 6.29. The molecule has 1 saturated heterocycles. The fourth-order valence-electron chi connectivity index (χ4n) is 4.68. The number of aliphatic hydroxyl groups is 1. The van der Waals surface area contributed by atoms with Crippen LogP contribution < -0.4 is 4.74 Å². The van der Waals surface area contributed by atoms with E-state index in [9.17, 15) is 19.8 Å². The maximum atomic E-state index is 13.2. The summed E-state index contributed by atoms with van der Waals surface area (Å²) in [5.41, 5.74) is 2.11. The smallest absolute Gasteiger partial charge is 0.295 e. The molecule has 2 aromatic carbocycles. The number of phenolic OH excluding ortho intramolecular Hbond substituents is 1. The number of aromatic nitrogens is 2. The molecular weight excluding hydrogens is 434 g/mol. The third kappa shape index (κ3) is 3.91. The highest BCUT2D eigenvalue weighted by molar-refractivity contribution is 6.46. The second-order valence-corrected chi connectivity index (χ2v) is 8.69. The Labute approximate surface area is 196 Å². The number of amides is 1. The van der Waals surface area contributed by atoms with Crippen molar-refractivity contribution in [2.24, 2.45) is 0 Å². The van der Waals surface area contributed by atoms with Gasteiger partial charge < -0.3 is 24.4 Å². The molecule has 0 saturated carbocycles. The Balaban J connectivity index is 1.52. The van der Waals surface area contributed by atoms with Crippen LogP contribution in [0.25, 0.3) is 5.76 Å². The van der Waals surface area contributed by atoms with Crippen molar-refractivity contribution in [3.8, 4) is 11.5 Å². The summed E-state index contributed by atoms with van der Waals surface area (Å²) in [5.74, 6) is -0.741. The highest BCUT2D eigenvalue weighted by Gasteiger charge is 2.45. The number of likely N-dealkylation sites (tertiary alicyclic amines) is 1. The Morgan fingerprint density at radius 3 is 2.68 bits per heavy atom. The van der Waals surface area contributed by atoms with E-state index >= 15 is 0 Å². The monoisotopic (exact) mass is 459 g/mol. The summed E-state index contributed by atoms with van der Waals surface area (Å²) in [6.07, 6.45) is 6.58. The van der Waals surface area contributed by atoms with Crippen LogP contribution in [0, 0.1) is 0 Å². The first-order chi connectivity index (χ1) is 16.4. The molecule has 34 heavy (non-hydrogen) atoms. The average molecular weight is 460 g/mol. The van der Waals surface area contributed by atoms with Crippen LogP contribution in [-0.4, -0.2) is 49.0 Å².